The van der Waals surface area contributed by atoms with Crippen molar-refractivity contribution in [3.63, 3.8) is 0 Å². The predicted molar refractivity (Wildman–Crippen MR) is 97.8 cm³/mol. The number of nitrogens with one attached hydrogen (secondary N) is 1. The zero-order chi connectivity index (χ0) is 20.9. The normalized spacial score (nSPS) is 13.0. The molecule has 0 aliphatic heterocycles. The number of hydrogen-bond acceptors (Lipinski definition) is 4. The van der Waals surface area contributed by atoms with Crippen LogP contribution in [0.25, 0.3) is 11.1 Å². The summed E-state index contributed by atoms with van der Waals surface area (Å²) in [7, 11) is 0. The van der Waals surface area contributed by atoms with Gasteiger partial charge >= 0.3 is 12.5 Å². The van der Waals surface area contributed by atoms with Crippen molar-refractivity contribution in [3.05, 3.63) is 54.1 Å². The molecule has 0 bridgehead atoms. The number of rotatable bonds is 5. The van der Waals surface area contributed by atoms with Crippen LogP contribution in [0.15, 0.2) is 48.5 Å². The number of alkyl carbamates (subject to hydrolysis) is 1. The Morgan fingerprint density at radius 3 is 2.25 bits per heavy atom. The van der Waals surface area contributed by atoms with Crippen molar-refractivity contribution in [2.75, 3.05) is 6.61 Å². The number of carbonyl (C=O) groups is 1. The summed E-state index contributed by atoms with van der Waals surface area (Å²) in [6.07, 6.45) is -5.42. The molecule has 2 aromatic carbocycles. The average molecular weight is 397 g/mol. The molecule has 0 unspecified atom stereocenters. The lowest BCUT2D eigenvalue weighted by Crippen LogP contribution is -2.36. The molecule has 0 aliphatic rings. The van der Waals surface area contributed by atoms with E-state index in [0.717, 1.165) is 0 Å². The van der Waals surface area contributed by atoms with Crippen molar-refractivity contribution in [3.8, 4) is 16.9 Å². The summed E-state index contributed by atoms with van der Waals surface area (Å²) in [5.41, 5.74) is 1.15. The molecule has 5 nitrogen and oxygen atoms in total. The minimum atomic E-state index is -4.76. The summed E-state index contributed by atoms with van der Waals surface area (Å²) >= 11 is 0. The fourth-order valence-corrected chi connectivity index (χ4v) is 2.46. The van der Waals surface area contributed by atoms with Crippen molar-refractivity contribution >= 4 is 6.09 Å². The van der Waals surface area contributed by atoms with Crippen molar-refractivity contribution in [1.29, 1.82) is 0 Å². The lowest BCUT2D eigenvalue weighted by molar-refractivity contribution is -0.274. The lowest BCUT2D eigenvalue weighted by Gasteiger charge is -2.23. The zero-order valence-corrected chi connectivity index (χ0v) is 15.7. The van der Waals surface area contributed by atoms with Gasteiger partial charge in [-0.1, -0.05) is 36.4 Å². The molecule has 0 fully saturated rings. The molecule has 1 atom stereocenters. The molecular formula is C20H22F3NO4. The van der Waals surface area contributed by atoms with E-state index in [1.54, 1.807) is 51.1 Å². The fraction of sp³-hybridized carbons (Fsp3) is 0.350. The summed E-state index contributed by atoms with van der Waals surface area (Å²) in [6.45, 7) is 4.84. The topological polar surface area (TPSA) is 67.8 Å². The maximum absolute atomic E-state index is 12.4. The summed E-state index contributed by atoms with van der Waals surface area (Å²) in [6, 6.07) is 11.6. The van der Waals surface area contributed by atoms with Gasteiger partial charge in [-0.25, -0.2) is 4.79 Å². The van der Waals surface area contributed by atoms with Gasteiger partial charge in [0.05, 0.1) is 12.6 Å². The monoisotopic (exact) mass is 397 g/mol. The standard InChI is InChI=1S/C20H22F3NO4/c1-19(2,3)28-18(26)24-17(12-25)14-9-7-13(8-10-14)15-5-4-6-16(11-15)27-20(21,22)23/h4-11,17,25H,12H2,1-3H3,(H,24,26)/t17-/m0/s1. The van der Waals surface area contributed by atoms with Crippen LogP contribution in [-0.4, -0.2) is 29.8 Å². The quantitative estimate of drug-likeness (QED) is 0.760. The summed E-state index contributed by atoms with van der Waals surface area (Å²) < 4.78 is 46.2. The van der Waals surface area contributed by atoms with Crippen LogP contribution < -0.4 is 10.1 Å². The third kappa shape index (κ3) is 6.77. The van der Waals surface area contributed by atoms with E-state index in [9.17, 15) is 23.1 Å². The second-order valence-corrected chi connectivity index (χ2v) is 7.08. The Bertz CT molecular complexity index is 798. The van der Waals surface area contributed by atoms with Crippen LogP contribution in [0.5, 0.6) is 5.75 Å². The smallest absolute Gasteiger partial charge is 0.444 e. The SMILES string of the molecule is CC(C)(C)OC(=O)N[C@@H](CO)c1ccc(-c2cccc(OC(F)(F)F)c2)cc1. The first-order valence-electron chi connectivity index (χ1n) is 8.53. The van der Waals surface area contributed by atoms with Gasteiger partial charge in [-0.15, -0.1) is 13.2 Å². The number of hydrogen-bond donors (Lipinski definition) is 2. The third-order valence-corrected chi connectivity index (χ3v) is 3.59. The van der Waals surface area contributed by atoms with Crippen molar-refractivity contribution < 1.29 is 32.5 Å². The molecule has 0 saturated heterocycles. The van der Waals surface area contributed by atoms with E-state index in [0.29, 0.717) is 16.7 Å². The number of carbonyl (C=O) groups excluding carboxylic acids is 1. The van der Waals surface area contributed by atoms with Crippen LogP contribution in [-0.2, 0) is 4.74 Å². The predicted octanol–water partition coefficient (Wildman–Crippen LogP) is 4.81. The van der Waals surface area contributed by atoms with Crippen LogP contribution in [0.2, 0.25) is 0 Å². The molecular weight excluding hydrogens is 375 g/mol. The van der Waals surface area contributed by atoms with E-state index in [1.165, 1.54) is 18.2 Å². The van der Waals surface area contributed by atoms with Crippen LogP contribution in [0.1, 0.15) is 32.4 Å². The fourth-order valence-electron chi connectivity index (χ4n) is 2.46. The Morgan fingerprint density at radius 2 is 1.71 bits per heavy atom. The summed E-state index contributed by atoms with van der Waals surface area (Å²) in [5, 5.41) is 12.1. The Hall–Kier alpha value is -2.74. The molecule has 0 aliphatic carbocycles. The molecule has 0 spiro atoms. The Kier molecular flexibility index (Phi) is 6.56. The average Bonchev–Trinajstić information content (AvgIpc) is 2.57. The molecule has 0 heterocycles. The zero-order valence-electron chi connectivity index (χ0n) is 15.7. The molecule has 8 heteroatoms. The van der Waals surface area contributed by atoms with Crippen LogP contribution in [0.4, 0.5) is 18.0 Å². The van der Waals surface area contributed by atoms with Gasteiger partial charge in [0, 0.05) is 0 Å². The van der Waals surface area contributed by atoms with Gasteiger partial charge in [0.15, 0.2) is 0 Å². The first kappa shape index (κ1) is 21.6. The van der Waals surface area contributed by atoms with Gasteiger partial charge in [0.25, 0.3) is 0 Å². The Morgan fingerprint density at radius 1 is 1.07 bits per heavy atom. The molecule has 0 saturated carbocycles. The third-order valence-electron chi connectivity index (χ3n) is 3.59. The molecule has 0 radical (unpaired) electrons. The van der Waals surface area contributed by atoms with Gasteiger partial charge in [-0.3, -0.25) is 0 Å². The molecule has 2 N–H and O–H groups in total. The van der Waals surface area contributed by atoms with E-state index < -0.39 is 24.1 Å². The highest BCUT2D eigenvalue weighted by Crippen LogP contribution is 2.28. The van der Waals surface area contributed by atoms with Gasteiger partial charge in [-0.05, 0) is 49.6 Å². The van der Waals surface area contributed by atoms with Gasteiger partial charge in [0.1, 0.15) is 11.4 Å². The number of amides is 1. The highest BCUT2D eigenvalue weighted by Gasteiger charge is 2.31. The van der Waals surface area contributed by atoms with Crippen molar-refractivity contribution in [2.45, 2.75) is 38.8 Å². The molecule has 152 valence electrons. The summed E-state index contributed by atoms with van der Waals surface area (Å²) in [4.78, 5) is 11.9. The Balaban J connectivity index is 2.14. The van der Waals surface area contributed by atoms with Gasteiger partial charge in [-0.2, -0.15) is 0 Å². The minimum absolute atomic E-state index is 0.311. The number of ether oxygens (including phenoxy) is 2. The van der Waals surface area contributed by atoms with Gasteiger partial charge in [0.2, 0.25) is 0 Å². The largest absolute Gasteiger partial charge is 0.573 e. The first-order chi connectivity index (χ1) is 13.0. The van der Waals surface area contributed by atoms with E-state index >= 15 is 0 Å². The first-order valence-corrected chi connectivity index (χ1v) is 8.53. The number of alkyl halides is 3. The molecule has 1 amide bonds. The number of benzene rings is 2. The molecule has 2 aromatic rings. The molecule has 28 heavy (non-hydrogen) atoms. The maximum Gasteiger partial charge on any atom is 0.573 e. The Labute approximate surface area is 161 Å². The minimum Gasteiger partial charge on any atom is -0.444 e. The number of aliphatic hydroxyl groups excluding tert-OH is 1. The van der Waals surface area contributed by atoms with E-state index in [-0.39, 0.29) is 12.4 Å². The lowest BCUT2D eigenvalue weighted by atomic mass is 10.0. The van der Waals surface area contributed by atoms with Crippen LogP contribution in [0, 0.1) is 0 Å². The van der Waals surface area contributed by atoms with E-state index in [2.05, 4.69) is 10.1 Å². The van der Waals surface area contributed by atoms with Crippen molar-refractivity contribution in [2.24, 2.45) is 0 Å². The van der Waals surface area contributed by atoms with Gasteiger partial charge < -0.3 is 19.9 Å². The second-order valence-electron chi connectivity index (χ2n) is 7.08. The van der Waals surface area contributed by atoms with Crippen LogP contribution in [0.3, 0.4) is 0 Å². The molecule has 2 rings (SSSR count). The summed E-state index contributed by atoms with van der Waals surface area (Å²) in [5.74, 6) is -0.311. The second kappa shape index (κ2) is 8.52. The highest BCUT2D eigenvalue weighted by molar-refractivity contribution is 5.69. The maximum atomic E-state index is 12.4. The molecule has 0 aromatic heterocycles. The van der Waals surface area contributed by atoms with Crippen LogP contribution >= 0.6 is 0 Å². The van der Waals surface area contributed by atoms with E-state index in [1.807, 2.05) is 0 Å². The number of halogens is 3. The highest BCUT2D eigenvalue weighted by atomic mass is 19.4. The number of aliphatic hydroxyl groups is 1. The van der Waals surface area contributed by atoms with E-state index in [4.69, 9.17) is 4.74 Å². The van der Waals surface area contributed by atoms with Crippen molar-refractivity contribution in [1.82, 2.24) is 5.32 Å².